The molecule has 0 atom stereocenters. The van der Waals surface area contributed by atoms with Gasteiger partial charge in [-0.2, -0.15) is 29.9 Å². The Bertz CT molecular complexity index is 5750. The Hall–Kier alpha value is -8.84. The first-order valence-electron chi connectivity index (χ1n) is 25.7. The van der Waals surface area contributed by atoms with E-state index in [-0.39, 0.29) is 60.6 Å². The van der Waals surface area contributed by atoms with Crippen LogP contribution in [0.4, 0.5) is 80.7 Å². The van der Waals surface area contributed by atoms with Crippen LogP contribution >= 0.6 is 61.6 Å². The summed E-state index contributed by atoms with van der Waals surface area (Å²) in [6.45, 7) is 0. The smallest absolute Gasteiger partial charge is 0.233 e. The Morgan fingerprint density at radius 2 is 0.574 bits per heavy atom. The number of hydrogen-bond acceptors (Lipinski definition) is 40. The number of hydrogen-bond donors (Lipinski definition) is 14. The molecule has 0 saturated heterocycles. The van der Waals surface area contributed by atoms with Crippen LogP contribution in [0.15, 0.2) is 136 Å². The Labute approximate surface area is 627 Å². The first-order valence-corrected chi connectivity index (χ1v) is 38.7. The topological polar surface area (TPSA) is 954 Å². The van der Waals surface area contributed by atoms with Crippen molar-refractivity contribution in [3.63, 3.8) is 0 Å². The zero-order valence-corrected chi connectivity index (χ0v) is 65.0. The summed E-state index contributed by atoms with van der Waals surface area (Å²) in [4.78, 5) is 66.9. The van der Waals surface area contributed by atoms with E-state index in [2.05, 4.69) is 71.8 Å². The van der Waals surface area contributed by atoms with Crippen molar-refractivity contribution in [2.45, 2.75) is 29.4 Å². The van der Waals surface area contributed by atoms with E-state index in [0.717, 1.165) is 48.5 Å². The summed E-state index contributed by atoms with van der Waals surface area (Å²) >= 11 is 25.6. The molecule has 9 aromatic rings. The predicted molar refractivity (Wildman–Crippen MR) is 376 cm³/mol. The lowest BCUT2D eigenvalue weighted by Crippen LogP contribution is -2.24. The van der Waals surface area contributed by atoms with Crippen LogP contribution in [-0.2, 0) is 69.8 Å². The van der Waals surface area contributed by atoms with Crippen molar-refractivity contribution in [3.05, 3.63) is 128 Å². The van der Waals surface area contributed by atoms with Crippen LogP contribution in [0.3, 0.4) is 0 Å². The van der Waals surface area contributed by atoms with E-state index >= 15 is 0 Å². The Morgan fingerprint density at radius 1 is 0.324 bits per heavy atom. The Morgan fingerprint density at radius 3 is 0.843 bits per heavy atom. The largest absolute Gasteiger partial charge is 0.807 e. The molecule has 4 heterocycles. The number of quaternary nitrogens is 8. The number of ether oxygens (including phenoxy) is 2. The molecule has 0 fully saturated rings. The SMILES string of the molecule is O=P([O-])([O-])c1cccc(Nc2nc(Cl)nc(Nc3ccc(Nc4ccc5c(c4S(=O)(=O)[O-])Oc4c(Cl)c6c(c(Cl)c4=N5)Oc4c(ccc(Nc5ccc(Nc7nc(Cl)nc(Nc8cccc(P(=O)([O-])[O-])c8)n7)c(S(=O)(=O)[O-])c5S(=O)(=O)[O-])c4S(=O)(=O)[O-])N=6)c(S(=O)(=O)[O-])c3S(=O)(=O)[O-])n2)c1.[NH4+].[NH4+].[NH4+].[NH4+].[NH4+].[NH4+].[NH4+].[NH4+]. The number of aromatic nitrogens is 6. The minimum Gasteiger partial charge on any atom is -0.807 e. The maximum Gasteiger partial charge on any atom is 0.233 e. The maximum absolute atomic E-state index is 13.3. The minimum atomic E-state index is -6.24. The highest BCUT2D eigenvalue weighted by molar-refractivity contribution is 7.89. The van der Waals surface area contributed by atoms with Gasteiger partial charge in [0, 0.05) is 11.4 Å². The van der Waals surface area contributed by atoms with E-state index < -0.39 is 239 Å². The lowest BCUT2D eigenvalue weighted by Gasteiger charge is -2.30. The van der Waals surface area contributed by atoms with E-state index in [1.54, 1.807) is 0 Å². The molecule has 588 valence electrons. The summed E-state index contributed by atoms with van der Waals surface area (Å²) in [6.07, 6.45) is 0. The summed E-state index contributed by atoms with van der Waals surface area (Å²) in [6, 6.07) is 13.8. The van der Waals surface area contributed by atoms with E-state index in [1.807, 2.05) is 0 Å². The average Bonchev–Trinajstić information content (AvgIpc) is 0.722. The number of benzene rings is 7. The van der Waals surface area contributed by atoms with Gasteiger partial charge in [-0.1, -0.05) is 47.5 Å². The second-order valence-electron chi connectivity index (χ2n) is 19.7. The first-order chi connectivity index (χ1) is 46.2. The zero-order chi connectivity index (χ0) is 73.1. The molecule has 38 N–H and O–H groups in total. The van der Waals surface area contributed by atoms with Gasteiger partial charge in [-0.05, 0) is 122 Å². The maximum atomic E-state index is 13.3. The fraction of sp³-hybridized carbons (Fsp3) is 0. The minimum absolute atomic E-state index is 0. The van der Waals surface area contributed by atoms with Crippen molar-refractivity contribution in [3.8, 4) is 23.0 Å². The highest BCUT2D eigenvalue weighted by Crippen LogP contribution is 2.51. The lowest BCUT2D eigenvalue weighted by atomic mass is 10.1. The molecule has 0 amide bonds. The highest BCUT2D eigenvalue weighted by atomic mass is 35.5. The number of anilines is 12. The van der Waals surface area contributed by atoms with E-state index in [0.29, 0.717) is 36.4 Å². The van der Waals surface area contributed by atoms with E-state index in [1.165, 1.54) is 12.1 Å². The van der Waals surface area contributed by atoms with Crippen molar-refractivity contribution < 1.29 is 116 Å². The van der Waals surface area contributed by atoms with Crippen LogP contribution in [0.1, 0.15) is 0 Å². The average molecular weight is 1750 g/mol. The van der Waals surface area contributed by atoms with Gasteiger partial charge in [0.2, 0.25) is 34.4 Å². The third-order valence-corrected chi connectivity index (χ3v) is 21.7. The monoisotopic (exact) mass is 1750 g/mol. The van der Waals surface area contributed by atoms with Crippen molar-refractivity contribution in [2.24, 2.45) is 9.98 Å². The third kappa shape index (κ3) is 19.4. The molecule has 60 heteroatoms. The van der Waals surface area contributed by atoms with Gasteiger partial charge < -0.3 is 147 Å². The van der Waals surface area contributed by atoms with Gasteiger partial charge in [-0.3, -0.25) is 0 Å². The van der Waals surface area contributed by atoms with Crippen molar-refractivity contribution in [1.82, 2.24) is 79.1 Å². The van der Waals surface area contributed by atoms with Gasteiger partial charge in [0.15, 0.2) is 23.0 Å². The molecule has 2 aromatic heterocycles. The Kier molecular flexibility index (Phi) is 28.7. The van der Waals surface area contributed by atoms with E-state index in [4.69, 9.17) is 55.9 Å². The summed E-state index contributed by atoms with van der Waals surface area (Å²) in [5.41, 5.74) is -8.22. The molecule has 0 spiro atoms. The summed E-state index contributed by atoms with van der Waals surface area (Å²) in [7, 11) is -47.4. The number of rotatable bonds is 20. The predicted octanol–water partition coefficient (Wildman–Crippen LogP) is 4.76. The van der Waals surface area contributed by atoms with Gasteiger partial charge in [-0.15, -0.1) is 0 Å². The van der Waals surface area contributed by atoms with E-state index in [9.17, 15) is 107 Å². The van der Waals surface area contributed by atoms with Gasteiger partial charge in [0.25, 0.3) is 0 Å². The van der Waals surface area contributed by atoms with Crippen molar-refractivity contribution >= 4 is 214 Å². The van der Waals surface area contributed by atoms with Crippen molar-refractivity contribution in [1.29, 1.82) is 0 Å². The Balaban J connectivity index is 0.00000378. The zero-order valence-electron chi connectivity index (χ0n) is 55.3. The summed E-state index contributed by atoms with van der Waals surface area (Å²) in [5, 5.41) is 7.89. The third-order valence-electron chi connectivity index (χ3n) is 13.1. The molecule has 0 unspecified atom stereocenters. The summed E-state index contributed by atoms with van der Waals surface area (Å²) in [5.74, 6) is -6.43. The molecule has 0 bridgehead atoms. The molecule has 2 aliphatic heterocycles. The van der Waals surface area contributed by atoms with Crippen LogP contribution < -0.4 is 131 Å². The number of fused-ring (bicyclic) bond motifs is 4. The second kappa shape index (κ2) is 33.2. The normalized spacial score (nSPS) is 12.2. The van der Waals surface area contributed by atoms with Crippen LogP contribution in [-0.4, -0.2) is 108 Å². The van der Waals surface area contributed by atoms with Crippen LogP contribution in [0.2, 0.25) is 20.6 Å². The lowest BCUT2D eigenvalue weighted by molar-refractivity contribution is -0.309. The van der Waals surface area contributed by atoms with Gasteiger partial charge >= 0.3 is 0 Å². The molecule has 2 aliphatic rings. The standard InChI is InChI=1S/C48H32Cl4N14O26P2S6.8H3N/c49-29-32-36(92-34-22(58-32)8-10-24(38(34)96(76,77)78)56-26-12-14-28(42(100(88,89)90)40(26)98(82,83)84)60-48-64-44(52)62-46(66-48)54-18-4-2-6-20(16-18)94(70,71)72)30(50)31-35(29)91-33-21(57-31)7-9-23(37(33)95(73,74)75)55-25-11-13-27(41(99(85,86)87)39(25)97(79,80)81)59-47-63-43(51)61-45(65-47)53-17-3-1-5-19(15-17)93(67,68)69;;;;;;;;/h1-16,55-56H,(H2,67,68,69)(H2,70,71,72)(H,73,74,75)(H,76,77,78)(H,79,80,81)(H,82,83,84)(H,85,86,87)(H,88,89,90)(H2,53,59,61,63,65)(H2,54,60,62,64,66);8*1H3/p-2. The number of nitrogens with one attached hydrogen (secondary N) is 6. The molecular weight excluding hydrogens is 1700 g/mol. The quantitative estimate of drug-likeness (QED) is 0.0361. The summed E-state index contributed by atoms with van der Waals surface area (Å²) < 4.78 is 271. The molecule has 108 heavy (non-hydrogen) atoms. The van der Waals surface area contributed by atoms with Gasteiger partial charge in [0.05, 0.1) is 53.7 Å². The van der Waals surface area contributed by atoms with Gasteiger partial charge in [-0.25, -0.2) is 60.5 Å². The molecule has 48 nitrogen and oxygen atoms in total. The fourth-order valence-corrected chi connectivity index (χ4v) is 17.0. The fourth-order valence-electron chi connectivity index (χ4n) is 9.36. The van der Waals surface area contributed by atoms with Crippen LogP contribution in [0.5, 0.6) is 23.0 Å². The number of halogens is 4. The second-order valence-corrected chi connectivity index (χ2v) is 32.1. The molecule has 0 saturated carbocycles. The highest BCUT2D eigenvalue weighted by Gasteiger charge is 2.35. The molecule has 0 radical (unpaired) electrons. The number of nitrogens with zero attached hydrogens (tertiary/aromatic N) is 8. The first kappa shape index (κ1) is 93.4. The molecule has 7 aromatic carbocycles. The van der Waals surface area contributed by atoms with Crippen molar-refractivity contribution in [2.75, 3.05) is 31.9 Å². The van der Waals surface area contributed by atoms with Gasteiger partial charge in [0.1, 0.15) is 103 Å². The molecular formula is C48H54Cl4N22O26P2S6-2. The van der Waals surface area contributed by atoms with Crippen LogP contribution in [0.25, 0.3) is 0 Å². The van der Waals surface area contributed by atoms with Crippen LogP contribution in [0, 0.1) is 0 Å². The molecule has 11 rings (SSSR count). The molecule has 0 aliphatic carbocycles.